The molecule has 0 bridgehead atoms. The van der Waals surface area contributed by atoms with Crippen LogP contribution in [0.25, 0.3) is 0 Å². The Kier molecular flexibility index (Phi) is 7.75. The minimum Gasteiger partial charge on any atom is -0.474 e. The molecule has 2 aliphatic rings. The molecule has 0 radical (unpaired) electrons. The van der Waals surface area contributed by atoms with Gasteiger partial charge < -0.3 is 15.4 Å². The Hall–Kier alpha value is -0.700. The van der Waals surface area contributed by atoms with Crippen LogP contribution in [0, 0.1) is 0 Å². The van der Waals surface area contributed by atoms with Gasteiger partial charge in [-0.15, -0.1) is 24.0 Å². The smallest absolute Gasteiger partial charge is 0.213 e. The molecule has 1 aliphatic heterocycles. The highest BCUT2D eigenvalue weighted by Gasteiger charge is 2.16. The number of pyridine rings is 1. The fourth-order valence-corrected chi connectivity index (χ4v) is 3.72. The first kappa shape index (κ1) is 18.6. The standard InChI is InChI=1S/C16H24N4OS.HI/c17-16(20-7-9-22-10-8-20)19-12-13-5-6-15(18-11-13)21-14-3-1-2-4-14;/h5-6,11,14H,1-4,7-10,12H2,(H2,17,19);1H. The van der Waals surface area contributed by atoms with Crippen LogP contribution in [-0.2, 0) is 6.54 Å². The van der Waals surface area contributed by atoms with Crippen molar-refractivity contribution in [2.75, 3.05) is 24.6 Å². The number of aromatic nitrogens is 1. The van der Waals surface area contributed by atoms with Crippen LogP contribution in [0.3, 0.4) is 0 Å². The Morgan fingerprint density at radius 2 is 2.04 bits per heavy atom. The van der Waals surface area contributed by atoms with E-state index in [1.807, 2.05) is 30.1 Å². The molecule has 2 fully saturated rings. The summed E-state index contributed by atoms with van der Waals surface area (Å²) in [6.07, 6.45) is 7.03. The Balaban J connectivity index is 0.00000192. The summed E-state index contributed by atoms with van der Waals surface area (Å²) in [6.45, 7) is 2.56. The molecule has 0 amide bonds. The van der Waals surface area contributed by atoms with Gasteiger partial charge in [0.1, 0.15) is 6.10 Å². The van der Waals surface area contributed by atoms with Crippen LogP contribution >= 0.6 is 35.7 Å². The van der Waals surface area contributed by atoms with E-state index in [0.29, 0.717) is 18.6 Å². The molecule has 2 heterocycles. The number of hydrogen-bond acceptors (Lipinski definition) is 4. The van der Waals surface area contributed by atoms with Crippen molar-refractivity contribution < 1.29 is 4.74 Å². The van der Waals surface area contributed by atoms with Gasteiger partial charge in [-0.25, -0.2) is 9.98 Å². The highest BCUT2D eigenvalue weighted by molar-refractivity contribution is 14.0. The van der Waals surface area contributed by atoms with Crippen LogP contribution in [0.15, 0.2) is 23.3 Å². The van der Waals surface area contributed by atoms with Crippen molar-refractivity contribution in [2.45, 2.75) is 38.3 Å². The lowest BCUT2D eigenvalue weighted by molar-refractivity contribution is 0.201. The van der Waals surface area contributed by atoms with Crippen LogP contribution in [0.2, 0.25) is 0 Å². The van der Waals surface area contributed by atoms with Gasteiger partial charge >= 0.3 is 0 Å². The van der Waals surface area contributed by atoms with Crippen LogP contribution < -0.4 is 10.5 Å². The van der Waals surface area contributed by atoms with Crippen LogP contribution in [0.4, 0.5) is 0 Å². The van der Waals surface area contributed by atoms with Crippen molar-refractivity contribution in [2.24, 2.45) is 10.7 Å². The molecule has 1 aromatic heterocycles. The molecule has 2 N–H and O–H groups in total. The lowest BCUT2D eigenvalue weighted by atomic mass is 10.3. The van der Waals surface area contributed by atoms with Gasteiger partial charge in [0.15, 0.2) is 5.96 Å². The predicted molar refractivity (Wildman–Crippen MR) is 107 cm³/mol. The maximum Gasteiger partial charge on any atom is 0.213 e. The van der Waals surface area contributed by atoms with Gasteiger partial charge in [-0.05, 0) is 31.2 Å². The van der Waals surface area contributed by atoms with Gasteiger partial charge in [-0.3, -0.25) is 0 Å². The maximum atomic E-state index is 6.06. The SMILES string of the molecule is I.NC(=NCc1ccc(OC2CCCC2)nc1)N1CCSCC1. The van der Waals surface area contributed by atoms with Crippen molar-refractivity contribution in [3.05, 3.63) is 23.9 Å². The van der Waals surface area contributed by atoms with E-state index in [0.717, 1.165) is 48.9 Å². The third-order valence-electron chi connectivity index (χ3n) is 4.15. The zero-order chi connectivity index (χ0) is 15.2. The number of halogens is 1. The summed E-state index contributed by atoms with van der Waals surface area (Å²) < 4.78 is 5.87. The first-order chi connectivity index (χ1) is 10.8. The minimum atomic E-state index is 0. The molecule has 0 unspecified atom stereocenters. The third-order valence-corrected chi connectivity index (χ3v) is 5.09. The number of nitrogens with two attached hydrogens (primary N) is 1. The van der Waals surface area contributed by atoms with E-state index in [1.165, 1.54) is 12.8 Å². The summed E-state index contributed by atoms with van der Waals surface area (Å²) in [5.41, 5.74) is 7.12. The van der Waals surface area contributed by atoms with Crippen LogP contribution in [0.5, 0.6) is 5.88 Å². The molecule has 0 atom stereocenters. The molecular formula is C16H25IN4OS. The quantitative estimate of drug-likeness (QED) is 0.436. The van der Waals surface area contributed by atoms with Crippen molar-refractivity contribution in [1.29, 1.82) is 0 Å². The number of ether oxygens (including phenoxy) is 1. The van der Waals surface area contributed by atoms with Crippen molar-refractivity contribution >= 4 is 41.7 Å². The Morgan fingerprint density at radius 1 is 1.30 bits per heavy atom. The summed E-state index contributed by atoms with van der Waals surface area (Å²) in [6, 6.07) is 3.97. The second-order valence-corrected chi connectivity index (χ2v) is 7.03. The van der Waals surface area contributed by atoms with Gasteiger partial charge in [0.2, 0.25) is 5.88 Å². The van der Waals surface area contributed by atoms with Gasteiger partial charge in [0, 0.05) is 36.9 Å². The molecule has 1 saturated carbocycles. The normalized spacial score (nSPS) is 19.5. The van der Waals surface area contributed by atoms with Gasteiger partial charge in [0.25, 0.3) is 0 Å². The Bertz CT molecular complexity index is 499. The lowest BCUT2D eigenvalue weighted by Crippen LogP contribution is -2.42. The molecule has 128 valence electrons. The fraction of sp³-hybridized carbons (Fsp3) is 0.625. The topological polar surface area (TPSA) is 63.7 Å². The molecule has 1 aromatic rings. The Labute approximate surface area is 159 Å². The number of aliphatic imine (C=N–C) groups is 1. The van der Waals surface area contributed by atoms with Crippen molar-refractivity contribution in [1.82, 2.24) is 9.88 Å². The highest BCUT2D eigenvalue weighted by atomic mass is 127. The van der Waals surface area contributed by atoms with E-state index in [2.05, 4.69) is 14.9 Å². The van der Waals surface area contributed by atoms with Crippen LogP contribution in [-0.4, -0.2) is 46.5 Å². The largest absolute Gasteiger partial charge is 0.474 e. The van der Waals surface area contributed by atoms with Crippen molar-refractivity contribution in [3.8, 4) is 5.88 Å². The van der Waals surface area contributed by atoms with E-state index < -0.39 is 0 Å². The molecule has 5 nitrogen and oxygen atoms in total. The first-order valence-corrected chi connectivity index (χ1v) is 9.21. The number of hydrogen-bond donors (Lipinski definition) is 1. The molecule has 0 aromatic carbocycles. The number of guanidine groups is 1. The number of rotatable bonds is 4. The van der Waals surface area contributed by atoms with Crippen molar-refractivity contribution in [3.63, 3.8) is 0 Å². The summed E-state index contributed by atoms with van der Waals surface area (Å²) >= 11 is 1.97. The zero-order valence-corrected chi connectivity index (χ0v) is 16.5. The van der Waals surface area contributed by atoms with Gasteiger partial charge in [-0.1, -0.05) is 6.07 Å². The summed E-state index contributed by atoms with van der Waals surface area (Å²) in [5, 5.41) is 0. The second-order valence-electron chi connectivity index (χ2n) is 5.80. The molecule has 3 rings (SSSR count). The highest BCUT2D eigenvalue weighted by Crippen LogP contribution is 2.22. The molecular weight excluding hydrogens is 423 g/mol. The lowest BCUT2D eigenvalue weighted by Gasteiger charge is -2.27. The van der Waals surface area contributed by atoms with E-state index in [1.54, 1.807) is 0 Å². The maximum absolute atomic E-state index is 6.06. The minimum absolute atomic E-state index is 0. The fourth-order valence-electron chi connectivity index (χ4n) is 2.82. The zero-order valence-electron chi connectivity index (χ0n) is 13.3. The Morgan fingerprint density at radius 3 is 2.70 bits per heavy atom. The van der Waals surface area contributed by atoms with E-state index in [4.69, 9.17) is 10.5 Å². The molecule has 23 heavy (non-hydrogen) atoms. The van der Waals surface area contributed by atoms with Crippen LogP contribution in [0.1, 0.15) is 31.2 Å². The molecule has 1 saturated heterocycles. The molecule has 0 spiro atoms. The monoisotopic (exact) mass is 448 g/mol. The van der Waals surface area contributed by atoms with Gasteiger partial charge in [-0.2, -0.15) is 11.8 Å². The number of thioether (sulfide) groups is 1. The van der Waals surface area contributed by atoms with E-state index in [9.17, 15) is 0 Å². The molecule has 7 heteroatoms. The summed E-state index contributed by atoms with van der Waals surface area (Å²) in [5.74, 6) is 3.63. The average Bonchev–Trinajstić information content (AvgIpc) is 3.08. The molecule has 1 aliphatic carbocycles. The second kappa shape index (κ2) is 9.56. The first-order valence-electron chi connectivity index (χ1n) is 8.05. The van der Waals surface area contributed by atoms with E-state index in [-0.39, 0.29) is 24.0 Å². The van der Waals surface area contributed by atoms with Gasteiger partial charge in [0.05, 0.1) is 6.54 Å². The third kappa shape index (κ3) is 5.70. The summed E-state index contributed by atoms with van der Waals surface area (Å²) in [7, 11) is 0. The predicted octanol–water partition coefficient (Wildman–Crippen LogP) is 2.88. The van der Waals surface area contributed by atoms with E-state index >= 15 is 0 Å². The summed E-state index contributed by atoms with van der Waals surface area (Å²) in [4.78, 5) is 11.0. The number of nitrogens with zero attached hydrogens (tertiary/aromatic N) is 3. The average molecular weight is 448 g/mol.